The van der Waals surface area contributed by atoms with E-state index in [4.69, 9.17) is 9.88 Å². The van der Waals surface area contributed by atoms with Crippen LogP contribution in [0.25, 0.3) is 0 Å². The molecule has 7 nitrogen and oxygen atoms in total. The van der Waals surface area contributed by atoms with Gasteiger partial charge in [0.1, 0.15) is 11.6 Å². The predicted octanol–water partition coefficient (Wildman–Crippen LogP) is 3.13. The quantitative estimate of drug-likeness (QED) is 0.631. The number of carbonyl (C=O) groups excluding carboxylic acids is 2. The minimum atomic E-state index is -4.15. The van der Waals surface area contributed by atoms with Crippen molar-refractivity contribution in [2.24, 2.45) is 5.14 Å². The van der Waals surface area contributed by atoms with Gasteiger partial charge in [0.05, 0.1) is 10.5 Å². The number of hydrogen-bond donors (Lipinski definition) is 1. The van der Waals surface area contributed by atoms with E-state index in [0.717, 1.165) is 55.9 Å². The zero-order valence-electron chi connectivity index (χ0n) is 17.3. The second-order valence-corrected chi connectivity index (χ2v) is 9.26. The molecular weight excluding hydrogens is 442 g/mol. The monoisotopic (exact) mass is 466 g/mol. The van der Waals surface area contributed by atoms with Gasteiger partial charge < -0.3 is 9.64 Å². The van der Waals surface area contributed by atoms with E-state index in [2.05, 4.69) is 0 Å². The van der Waals surface area contributed by atoms with Gasteiger partial charge in [0.2, 0.25) is 10.0 Å². The third-order valence-corrected chi connectivity index (χ3v) is 6.33. The minimum absolute atomic E-state index is 0.0533. The van der Waals surface area contributed by atoms with Crippen LogP contribution in [0.5, 0.6) is 0 Å². The average molecular weight is 467 g/mol. The first-order chi connectivity index (χ1) is 15.1. The molecule has 1 amide bonds. The van der Waals surface area contributed by atoms with Crippen LogP contribution in [0.4, 0.5) is 8.78 Å². The van der Waals surface area contributed by atoms with Crippen LogP contribution >= 0.6 is 0 Å². The minimum Gasteiger partial charge on any atom is -0.452 e. The molecule has 32 heavy (non-hydrogen) atoms. The summed E-state index contributed by atoms with van der Waals surface area (Å²) in [6, 6.07) is 8.22. The second kappa shape index (κ2) is 10.2. The van der Waals surface area contributed by atoms with Gasteiger partial charge >= 0.3 is 5.97 Å². The molecule has 1 aliphatic rings. The Kier molecular flexibility index (Phi) is 7.57. The van der Waals surface area contributed by atoms with Crippen molar-refractivity contribution in [2.75, 3.05) is 6.61 Å². The van der Waals surface area contributed by atoms with Gasteiger partial charge in [-0.15, -0.1) is 0 Å². The van der Waals surface area contributed by atoms with E-state index in [1.54, 1.807) is 17.0 Å². The van der Waals surface area contributed by atoms with Crippen LogP contribution in [0.3, 0.4) is 0 Å². The fraction of sp³-hybridized carbons (Fsp3) is 0.364. The van der Waals surface area contributed by atoms with Crippen LogP contribution in [0.2, 0.25) is 0 Å². The van der Waals surface area contributed by atoms with E-state index in [1.165, 1.54) is 12.1 Å². The third kappa shape index (κ3) is 6.10. The largest absolute Gasteiger partial charge is 0.452 e. The zero-order chi connectivity index (χ0) is 23.3. The second-order valence-electron chi connectivity index (χ2n) is 7.70. The fourth-order valence-electron chi connectivity index (χ4n) is 3.73. The molecule has 0 aromatic heterocycles. The SMILES string of the molecule is NS(=O)(=O)c1ccc(F)c(C(=O)OCC(=O)N(Cc2ccc(F)cc2)C2CCCCC2)c1. The van der Waals surface area contributed by atoms with Gasteiger partial charge in [-0.3, -0.25) is 4.79 Å². The maximum Gasteiger partial charge on any atom is 0.341 e. The Morgan fingerprint density at radius 1 is 1.03 bits per heavy atom. The zero-order valence-corrected chi connectivity index (χ0v) is 18.1. The molecule has 0 bridgehead atoms. The van der Waals surface area contributed by atoms with Gasteiger partial charge in [-0.25, -0.2) is 27.1 Å². The summed E-state index contributed by atoms with van der Waals surface area (Å²) in [6.45, 7) is -0.424. The molecule has 0 unspecified atom stereocenters. The highest BCUT2D eigenvalue weighted by Crippen LogP contribution is 2.25. The van der Waals surface area contributed by atoms with Gasteiger partial charge in [-0.1, -0.05) is 31.4 Å². The fourth-order valence-corrected chi connectivity index (χ4v) is 4.27. The number of amides is 1. The van der Waals surface area contributed by atoms with Gasteiger partial charge in [-0.2, -0.15) is 0 Å². The normalized spacial score (nSPS) is 14.7. The molecule has 1 aliphatic carbocycles. The number of nitrogens with zero attached hydrogens (tertiary/aromatic N) is 1. The van der Waals surface area contributed by atoms with Crippen molar-refractivity contribution in [2.45, 2.75) is 49.6 Å². The molecule has 0 atom stereocenters. The number of nitrogens with two attached hydrogens (primary N) is 1. The molecule has 2 aromatic rings. The van der Waals surface area contributed by atoms with E-state index < -0.39 is 44.8 Å². The number of sulfonamides is 1. The topological polar surface area (TPSA) is 107 Å². The third-order valence-electron chi connectivity index (χ3n) is 5.41. The summed E-state index contributed by atoms with van der Waals surface area (Å²) in [6.07, 6.45) is 4.59. The summed E-state index contributed by atoms with van der Waals surface area (Å²) in [4.78, 5) is 26.4. The smallest absolute Gasteiger partial charge is 0.341 e. The van der Waals surface area contributed by atoms with E-state index in [-0.39, 0.29) is 18.4 Å². The number of benzene rings is 2. The molecular formula is C22H24F2N2O5S. The maximum absolute atomic E-state index is 14.0. The van der Waals surface area contributed by atoms with Gasteiger partial charge in [-0.05, 0) is 48.7 Å². The summed E-state index contributed by atoms with van der Waals surface area (Å²) in [5, 5.41) is 5.02. The van der Waals surface area contributed by atoms with Crippen molar-refractivity contribution in [3.63, 3.8) is 0 Å². The van der Waals surface area contributed by atoms with Crippen LogP contribution in [0.15, 0.2) is 47.4 Å². The molecule has 1 fully saturated rings. The standard InChI is InChI=1S/C22H24F2N2O5S/c23-16-8-6-15(7-9-16)13-26(17-4-2-1-3-5-17)21(27)14-31-22(28)19-12-18(32(25,29)30)10-11-20(19)24/h6-12,17H,1-5,13-14H2,(H2,25,29,30). The Morgan fingerprint density at radius 2 is 1.69 bits per heavy atom. The lowest BCUT2D eigenvalue weighted by atomic mass is 9.93. The summed E-state index contributed by atoms with van der Waals surface area (Å²) in [7, 11) is -4.15. The summed E-state index contributed by atoms with van der Waals surface area (Å²) >= 11 is 0. The van der Waals surface area contributed by atoms with E-state index >= 15 is 0 Å². The number of hydrogen-bond acceptors (Lipinski definition) is 5. The maximum atomic E-state index is 14.0. The molecule has 0 aliphatic heterocycles. The Balaban J connectivity index is 1.73. The van der Waals surface area contributed by atoms with Crippen LogP contribution < -0.4 is 5.14 Å². The van der Waals surface area contributed by atoms with Crippen LogP contribution in [0, 0.1) is 11.6 Å². The summed E-state index contributed by atoms with van der Waals surface area (Å²) in [5.41, 5.74) is 0.0932. The first-order valence-electron chi connectivity index (χ1n) is 10.2. The summed E-state index contributed by atoms with van der Waals surface area (Å²) in [5.74, 6) is -3.03. The lowest BCUT2D eigenvalue weighted by Gasteiger charge is -2.34. The molecule has 0 saturated heterocycles. The molecule has 0 heterocycles. The van der Waals surface area contributed by atoms with Gasteiger partial charge in [0.15, 0.2) is 6.61 Å². The van der Waals surface area contributed by atoms with Crippen LogP contribution in [-0.4, -0.2) is 37.8 Å². The number of ether oxygens (including phenoxy) is 1. The molecule has 1 saturated carbocycles. The lowest BCUT2D eigenvalue weighted by molar-refractivity contribution is -0.138. The van der Waals surface area contributed by atoms with Crippen molar-refractivity contribution >= 4 is 21.9 Å². The van der Waals surface area contributed by atoms with Gasteiger partial charge in [0.25, 0.3) is 5.91 Å². The molecule has 0 radical (unpaired) electrons. The van der Waals surface area contributed by atoms with Gasteiger partial charge in [0, 0.05) is 12.6 Å². The number of rotatable bonds is 7. The Labute approximate surface area is 185 Å². The van der Waals surface area contributed by atoms with Crippen molar-refractivity contribution in [1.82, 2.24) is 4.90 Å². The number of halogens is 2. The number of esters is 1. The Hall–Kier alpha value is -2.85. The number of primary sulfonamides is 1. The molecule has 172 valence electrons. The van der Waals surface area contributed by atoms with Crippen molar-refractivity contribution < 1.29 is 31.5 Å². The van der Waals surface area contributed by atoms with E-state index in [9.17, 15) is 26.8 Å². The van der Waals surface area contributed by atoms with Crippen LogP contribution in [0.1, 0.15) is 48.0 Å². The average Bonchev–Trinajstić information content (AvgIpc) is 2.77. The van der Waals surface area contributed by atoms with Crippen LogP contribution in [-0.2, 0) is 26.1 Å². The molecule has 0 spiro atoms. The predicted molar refractivity (Wildman–Crippen MR) is 112 cm³/mol. The highest BCUT2D eigenvalue weighted by Gasteiger charge is 2.27. The lowest BCUT2D eigenvalue weighted by Crippen LogP contribution is -2.43. The van der Waals surface area contributed by atoms with Crippen molar-refractivity contribution in [3.8, 4) is 0 Å². The summed E-state index contributed by atoms with van der Waals surface area (Å²) < 4.78 is 55.2. The van der Waals surface area contributed by atoms with Crippen molar-refractivity contribution in [3.05, 3.63) is 65.2 Å². The highest BCUT2D eigenvalue weighted by molar-refractivity contribution is 7.89. The molecule has 3 rings (SSSR count). The van der Waals surface area contributed by atoms with E-state index in [1.807, 2.05) is 0 Å². The first kappa shape index (κ1) is 23.8. The highest BCUT2D eigenvalue weighted by atomic mass is 32.2. The van der Waals surface area contributed by atoms with E-state index in [0.29, 0.717) is 0 Å². The Morgan fingerprint density at radius 3 is 2.31 bits per heavy atom. The number of carbonyl (C=O) groups is 2. The first-order valence-corrected chi connectivity index (χ1v) is 11.7. The Bertz CT molecular complexity index is 1080. The molecule has 2 aromatic carbocycles. The molecule has 2 N–H and O–H groups in total. The van der Waals surface area contributed by atoms with Crippen molar-refractivity contribution in [1.29, 1.82) is 0 Å². The molecule has 10 heteroatoms.